The molecule has 0 N–H and O–H groups in total. The van der Waals surface area contributed by atoms with Crippen LogP contribution in [0.4, 0.5) is 0 Å². The molecule has 127 valence electrons. The molecular weight excluding hydrogens is 290 g/mol. The van der Waals surface area contributed by atoms with Crippen molar-refractivity contribution in [2.45, 2.75) is 83.3 Å². The van der Waals surface area contributed by atoms with Crippen molar-refractivity contribution in [3.63, 3.8) is 0 Å². The number of nitrogens with zero attached hydrogens (tertiary/aromatic N) is 1. The zero-order chi connectivity index (χ0) is 16.9. The first-order valence-corrected chi connectivity index (χ1v) is 8.71. The van der Waals surface area contributed by atoms with Crippen LogP contribution in [0.1, 0.15) is 72.0 Å². The molecule has 2 heterocycles. The highest BCUT2D eigenvalue weighted by molar-refractivity contribution is 5.37. The molecule has 4 heteroatoms. The normalized spacial score (nSPS) is 40.7. The Morgan fingerprint density at radius 3 is 2.26 bits per heavy atom. The van der Waals surface area contributed by atoms with Gasteiger partial charge in [0, 0.05) is 18.4 Å². The highest BCUT2D eigenvalue weighted by Gasteiger charge is 2.59. The maximum Gasteiger partial charge on any atom is 0.214 e. The quantitative estimate of drug-likeness (QED) is 0.798. The fraction of sp³-hybridized carbons (Fsp3) is 0.684. The molecule has 1 aromatic carbocycles. The molecule has 0 bridgehead atoms. The molecule has 1 aromatic rings. The van der Waals surface area contributed by atoms with Crippen molar-refractivity contribution in [3.05, 3.63) is 29.8 Å². The van der Waals surface area contributed by atoms with E-state index in [1.807, 2.05) is 38.1 Å². The van der Waals surface area contributed by atoms with E-state index in [1.165, 1.54) is 5.06 Å². The van der Waals surface area contributed by atoms with Crippen LogP contribution in [0.3, 0.4) is 0 Å². The van der Waals surface area contributed by atoms with Gasteiger partial charge in [-0.2, -0.15) is 0 Å². The maximum atomic E-state index is 13.0. The minimum atomic E-state index is -0.718. The first-order valence-electron chi connectivity index (χ1n) is 8.71. The summed E-state index contributed by atoms with van der Waals surface area (Å²) in [5.41, 5.74) is 0.128. The average molecular weight is 318 g/mol. The first-order chi connectivity index (χ1) is 10.8. The number of fused-ring (bicyclic) bond motifs is 1. The van der Waals surface area contributed by atoms with E-state index in [0.717, 1.165) is 24.2 Å². The van der Waals surface area contributed by atoms with Crippen LogP contribution in [0.25, 0.3) is 0 Å². The summed E-state index contributed by atoms with van der Waals surface area (Å²) >= 11 is 0. The standard InChI is InChI=1S/C19H28NO3/c1-6-17(4)12-19(13-18(5,7-2)20(17)21)22-14(3)15-10-8-9-11-16(15)23-19/h8-11,14H,6-7,12-13H2,1-5H3. The van der Waals surface area contributed by atoms with Gasteiger partial charge in [0.15, 0.2) is 0 Å². The minimum absolute atomic E-state index is 0.0274. The Bertz CT molecular complexity index is 570. The van der Waals surface area contributed by atoms with Gasteiger partial charge in [0.2, 0.25) is 5.79 Å². The number of hydrogen-bond donors (Lipinski definition) is 0. The van der Waals surface area contributed by atoms with E-state index in [2.05, 4.69) is 20.8 Å². The Morgan fingerprint density at radius 2 is 1.70 bits per heavy atom. The molecule has 1 spiro atoms. The van der Waals surface area contributed by atoms with Crippen LogP contribution in [0.5, 0.6) is 5.75 Å². The Hall–Kier alpha value is -1.10. The van der Waals surface area contributed by atoms with E-state index < -0.39 is 16.9 Å². The second kappa shape index (κ2) is 5.47. The summed E-state index contributed by atoms with van der Waals surface area (Å²) in [6.45, 7) is 10.3. The van der Waals surface area contributed by atoms with Gasteiger partial charge in [0.25, 0.3) is 0 Å². The highest BCUT2D eigenvalue weighted by Crippen LogP contribution is 2.52. The van der Waals surface area contributed by atoms with Gasteiger partial charge in [-0.1, -0.05) is 32.0 Å². The van der Waals surface area contributed by atoms with Crippen molar-refractivity contribution in [2.24, 2.45) is 0 Å². The van der Waals surface area contributed by atoms with Crippen molar-refractivity contribution >= 4 is 0 Å². The van der Waals surface area contributed by atoms with Crippen molar-refractivity contribution in [3.8, 4) is 5.75 Å². The van der Waals surface area contributed by atoms with Crippen LogP contribution in [-0.2, 0) is 9.94 Å². The summed E-state index contributed by atoms with van der Waals surface area (Å²) in [6, 6.07) is 8.05. The van der Waals surface area contributed by atoms with Crippen LogP contribution >= 0.6 is 0 Å². The Kier molecular flexibility index (Phi) is 3.98. The molecule has 3 unspecified atom stereocenters. The summed E-state index contributed by atoms with van der Waals surface area (Å²) in [5.74, 6) is 0.173. The third-order valence-corrected chi connectivity index (χ3v) is 5.85. The molecule has 1 saturated heterocycles. The summed E-state index contributed by atoms with van der Waals surface area (Å²) in [7, 11) is 0. The molecule has 0 amide bonds. The van der Waals surface area contributed by atoms with E-state index in [-0.39, 0.29) is 6.10 Å². The van der Waals surface area contributed by atoms with Gasteiger partial charge in [-0.25, -0.2) is 0 Å². The number of para-hydroxylation sites is 1. The van der Waals surface area contributed by atoms with Gasteiger partial charge in [-0.15, -0.1) is 10.3 Å². The van der Waals surface area contributed by atoms with Gasteiger partial charge in [-0.05, 0) is 39.7 Å². The van der Waals surface area contributed by atoms with Gasteiger partial charge in [0.05, 0.1) is 17.2 Å². The van der Waals surface area contributed by atoms with Crippen molar-refractivity contribution < 1.29 is 14.7 Å². The summed E-state index contributed by atoms with van der Waals surface area (Å²) in [5, 5.41) is 14.3. The van der Waals surface area contributed by atoms with Crippen LogP contribution in [0, 0.1) is 0 Å². The average Bonchev–Trinajstić information content (AvgIpc) is 2.52. The lowest BCUT2D eigenvalue weighted by atomic mass is 9.73. The second-order valence-corrected chi connectivity index (χ2v) is 7.66. The predicted molar refractivity (Wildman–Crippen MR) is 88.5 cm³/mol. The predicted octanol–water partition coefficient (Wildman–Crippen LogP) is 4.63. The molecule has 3 atom stereocenters. The second-order valence-electron chi connectivity index (χ2n) is 7.66. The van der Waals surface area contributed by atoms with Crippen LogP contribution in [0.2, 0.25) is 0 Å². The smallest absolute Gasteiger partial charge is 0.214 e. The molecule has 0 aliphatic carbocycles. The fourth-order valence-electron chi connectivity index (χ4n) is 4.23. The van der Waals surface area contributed by atoms with Gasteiger partial charge in [-0.3, -0.25) is 0 Å². The highest BCUT2D eigenvalue weighted by atomic mass is 16.7. The van der Waals surface area contributed by atoms with E-state index in [4.69, 9.17) is 9.47 Å². The molecule has 0 aromatic heterocycles. The molecule has 1 fully saturated rings. The monoisotopic (exact) mass is 318 g/mol. The molecule has 3 rings (SSSR count). The summed E-state index contributed by atoms with van der Waals surface area (Å²) in [6.07, 6.45) is 2.70. The molecule has 0 saturated carbocycles. The molecule has 2 aliphatic heterocycles. The summed E-state index contributed by atoms with van der Waals surface area (Å²) in [4.78, 5) is 0. The molecule has 4 nitrogen and oxygen atoms in total. The minimum Gasteiger partial charge on any atom is -0.462 e. The molecular formula is C19H28NO3. The molecule has 1 radical (unpaired) electrons. The first kappa shape index (κ1) is 16.7. The van der Waals surface area contributed by atoms with Crippen LogP contribution in [0.15, 0.2) is 24.3 Å². The Labute approximate surface area is 139 Å². The lowest BCUT2D eigenvalue weighted by Gasteiger charge is -2.57. The van der Waals surface area contributed by atoms with Crippen molar-refractivity contribution in [2.75, 3.05) is 0 Å². The van der Waals surface area contributed by atoms with E-state index in [1.54, 1.807) is 0 Å². The number of ether oxygens (including phenoxy) is 2. The topological polar surface area (TPSA) is 41.6 Å². The molecule has 2 aliphatic rings. The third-order valence-electron chi connectivity index (χ3n) is 5.85. The zero-order valence-electron chi connectivity index (χ0n) is 14.9. The number of hydroxylamine groups is 2. The maximum absolute atomic E-state index is 13.0. The van der Waals surface area contributed by atoms with E-state index >= 15 is 0 Å². The SMILES string of the molecule is CCC1(C)CC2(CC(C)(CC)N1[O])Oc1ccccc1C(C)O2. The Morgan fingerprint density at radius 1 is 1.13 bits per heavy atom. The number of benzene rings is 1. The van der Waals surface area contributed by atoms with Gasteiger partial charge in [0.1, 0.15) is 5.75 Å². The van der Waals surface area contributed by atoms with Crippen LogP contribution < -0.4 is 4.74 Å². The fourth-order valence-corrected chi connectivity index (χ4v) is 4.23. The van der Waals surface area contributed by atoms with E-state index in [9.17, 15) is 5.21 Å². The van der Waals surface area contributed by atoms with Gasteiger partial charge < -0.3 is 9.47 Å². The Balaban J connectivity index is 2.02. The lowest BCUT2D eigenvalue weighted by molar-refractivity contribution is -0.364. The largest absolute Gasteiger partial charge is 0.462 e. The van der Waals surface area contributed by atoms with E-state index in [0.29, 0.717) is 12.8 Å². The van der Waals surface area contributed by atoms with Crippen molar-refractivity contribution in [1.82, 2.24) is 5.06 Å². The van der Waals surface area contributed by atoms with Crippen molar-refractivity contribution in [1.29, 1.82) is 0 Å². The zero-order valence-corrected chi connectivity index (χ0v) is 14.9. The van der Waals surface area contributed by atoms with Gasteiger partial charge >= 0.3 is 0 Å². The number of hydrogen-bond acceptors (Lipinski definition) is 3. The summed E-state index contributed by atoms with van der Waals surface area (Å²) < 4.78 is 12.8. The lowest BCUT2D eigenvalue weighted by Crippen LogP contribution is -2.68. The number of piperidine rings is 1. The molecule has 23 heavy (non-hydrogen) atoms. The third kappa shape index (κ3) is 2.57. The number of rotatable bonds is 2. The van der Waals surface area contributed by atoms with Crippen LogP contribution in [-0.4, -0.2) is 21.9 Å².